The molecule has 0 heterocycles. The first-order valence-corrected chi connectivity index (χ1v) is 25.5. The summed E-state index contributed by atoms with van der Waals surface area (Å²) in [5.41, 5.74) is 0. The van der Waals surface area contributed by atoms with Gasteiger partial charge in [0, 0.05) is 19.3 Å². The second-order valence-corrected chi connectivity index (χ2v) is 18.1. The second-order valence-electron chi connectivity index (χ2n) is 18.1. The van der Waals surface area contributed by atoms with Gasteiger partial charge in [-0.2, -0.15) is 0 Å². The van der Waals surface area contributed by atoms with Crippen LogP contribution in [-0.4, -0.2) is 75.5 Å². The van der Waals surface area contributed by atoms with Gasteiger partial charge in [-0.15, -0.1) is 0 Å². The van der Waals surface area contributed by atoms with Gasteiger partial charge in [0.15, 0.2) is 6.10 Å². The van der Waals surface area contributed by atoms with E-state index in [9.17, 15) is 19.5 Å². The minimum Gasteiger partial charge on any atom is -0.544 e. The normalized spacial score (nSPS) is 13.5. The van der Waals surface area contributed by atoms with Crippen LogP contribution in [0.25, 0.3) is 0 Å². The van der Waals surface area contributed by atoms with Crippen LogP contribution >= 0.6 is 0 Å². The lowest BCUT2D eigenvalue weighted by Crippen LogP contribution is -2.55. The van der Waals surface area contributed by atoms with Gasteiger partial charge in [0.25, 0.3) is 0 Å². The standard InChI is InChI=1S/C55H95NO7/c1-6-8-10-12-14-16-18-20-22-24-26-27-28-30-32-34-36-38-40-42-44-46-54(58)63-51(49-61-48-47-52(55(59)60)56(3,4)5)50-62-53(57)45-43-41-39-37-35-33-31-29-25-23-21-19-17-15-13-11-9-7-2/h8,10,14,16,19-23,25,29,31,51-52H,6-7,9,11-13,15,17-18,24,26-28,30,32-50H2,1-5H3/b10-8+,16-14+,21-19+,22-20+,25-23+,31-29+. The van der Waals surface area contributed by atoms with Crippen molar-refractivity contribution in [3.05, 3.63) is 72.9 Å². The summed E-state index contributed by atoms with van der Waals surface area (Å²) in [5.74, 6) is -1.76. The van der Waals surface area contributed by atoms with Gasteiger partial charge in [0.2, 0.25) is 0 Å². The molecular weight excluding hydrogens is 787 g/mol. The van der Waals surface area contributed by atoms with Crippen molar-refractivity contribution in [1.29, 1.82) is 0 Å². The molecule has 0 aromatic carbocycles. The molecule has 0 saturated carbocycles. The van der Waals surface area contributed by atoms with Crippen LogP contribution in [0.2, 0.25) is 0 Å². The average Bonchev–Trinajstić information content (AvgIpc) is 3.24. The highest BCUT2D eigenvalue weighted by molar-refractivity contribution is 5.70. The molecular formula is C55H95NO7. The Balaban J connectivity index is 4.30. The van der Waals surface area contributed by atoms with E-state index < -0.39 is 18.1 Å². The van der Waals surface area contributed by atoms with Crippen molar-refractivity contribution < 1.29 is 38.2 Å². The molecule has 0 rings (SSSR count). The Hall–Kier alpha value is -3.23. The fraction of sp³-hybridized carbons (Fsp3) is 0.727. The van der Waals surface area contributed by atoms with Gasteiger partial charge in [-0.25, -0.2) is 0 Å². The lowest BCUT2D eigenvalue weighted by Gasteiger charge is -2.34. The van der Waals surface area contributed by atoms with Gasteiger partial charge in [-0.3, -0.25) is 9.59 Å². The number of ether oxygens (including phenoxy) is 3. The molecule has 0 aliphatic rings. The molecule has 0 amide bonds. The number of carbonyl (C=O) groups is 3. The minimum atomic E-state index is -1.13. The Morgan fingerprint density at radius 2 is 0.952 bits per heavy atom. The van der Waals surface area contributed by atoms with Crippen LogP contribution in [0.3, 0.4) is 0 Å². The highest BCUT2D eigenvalue weighted by Gasteiger charge is 2.25. The maximum absolute atomic E-state index is 12.8. The Kier molecular flexibility index (Phi) is 43.0. The smallest absolute Gasteiger partial charge is 0.306 e. The van der Waals surface area contributed by atoms with Crippen molar-refractivity contribution in [2.24, 2.45) is 0 Å². The van der Waals surface area contributed by atoms with E-state index in [4.69, 9.17) is 14.2 Å². The fourth-order valence-electron chi connectivity index (χ4n) is 7.20. The van der Waals surface area contributed by atoms with Gasteiger partial charge >= 0.3 is 11.9 Å². The van der Waals surface area contributed by atoms with Crippen molar-refractivity contribution in [3.63, 3.8) is 0 Å². The van der Waals surface area contributed by atoms with Crippen LogP contribution in [0.15, 0.2) is 72.9 Å². The highest BCUT2D eigenvalue weighted by Crippen LogP contribution is 2.15. The zero-order chi connectivity index (χ0) is 46.3. The Morgan fingerprint density at radius 3 is 1.44 bits per heavy atom. The van der Waals surface area contributed by atoms with E-state index in [0.29, 0.717) is 12.8 Å². The summed E-state index contributed by atoms with van der Waals surface area (Å²) in [6.45, 7) is 4.52. The topological polar surface area (TPSA) is 102 Å². The third kappa shape index (κ3) is 43.8. The van der Waals surface area contributed by atoms with Crippen molar-refractivity contribution >= 4 is 17.9 Å². The summed E-state index contributed by atoms with van der Waals surface area (Å²) in [5, 5.41) is 11.7. The van der Waals surface area contributed by atoms with E-state index in [2.05, 4.69) is 86.8 Å². The van der Waals surface area contributed by atoms with Crippen molar-refractivity contribution in [2.75, 3.05) is 41.0 Å². The zero-order valence-electron chi connectivity index (χ0n) is 41.2. The van der Waals surface area contributed by atoms with Gasteiger partial charge in [0.1, 0.15) is 12.6 Å². The third-order valence-corrected chi connectivity index (χ3v) is 11.1. The van der Waals surface area contributed by atoms with E-state index in [0.717, 1.165) is 83.5 Å². The lowest BCUT2D eigenvalue weighted by atomic mass is 10.0. The zero-order valence-corrected chi connectivity index (χ0v) is 41.2. The van der Waals surface area contributed by atoms with Gasteiger partial charge in [-0.1, -0.05) is 189 Å². The number of nitrogens with zero attached hydrogens (tertiary/aromatic N) is 1. The Labute approximate surface area is 387 Å². The van der Waals surface area contributed by atoms with Crippen LogP contribution in [0.4, 0.5) is 0 Å². The summed E-state index contributed by atoms with van der Waals surface area (Å²) >= 11 is 0. The van der Waals surface area contributed by atoms with Crippen LogP contribution in [-0.2, 0) is 28.6 Å². The number of quaternary nitrogens is 1. The van der Waals surface area contributed by atoms with Crippen molar-refractivity contribution in [3.8, 4) is 0 Å². The Bertz CT molecular complexity index is 1260. The molecule has 0 N–H and O–H groups in total. The lowest BCUT2D eigenvalue weighted by molar-refractivity contribution is -0.889. The first-order valence-electron chi connectivity index (χ1n) is 25.5. The maximum atomic E-state index is 12.8. The number of esters is 2. The molecule has 0 saturated heterocycles. The number of carboxylic acid groups (broad SMARTS) is 1. The van der Waals surface area contributed by atoms with Gasteiger partial charge < -0.3 is 28.6 Å². The summed E-state index contributed by atoms with van der Waals surface area (Å²) in [7, 11) is 5.40. The Morgan fingerprint density at radius 1 is 0.508 bits per heavy atom. The molecule has 0 spiro atoms. The van der Waals surface area contributed by atoms with E-state index in [1.54, 1.807) is 21.1 Å². The van der Waals surface area contributed by atoms with Crippen molar-refractivity contribution in [2.45, 2.75) is 219 Å². The minimum absolute atomic E-state index is 0.0303. The number of carbonyl (C=O) groups excluding carboxylic acids is 3. The quantitative estimate of drug-likeness (QED) is 0.0197. The molecule has 0 aromatic heterocycles. The average molecular weight is 882 g/mol. The summed E-state index contributed by atoms with van der Waals surface area (Å²) in [6, 6.07) is -0.733. The molecule has 8 heteroatoms. The largest absolute Gasteiger partial charge is 0.544 e. The van der Waals surface area contributed by atoms with Crippen LogP contribution in [0.1, 0.15) is 206 Å². The number of hydrogen-bond donors (Lipinski definition) is 0. The van der Waals surface area contributed by atoms with E-state index in [1.807, 2.05) is 0 Å². The predicted molar refractivity (Wildman–Crippen MR) is 263 cm³/mol. The van der Waals surface area contributed by atoms with Crippen molar-refractivity contribution in [1.82, 2.24) is 0 Å². The summed E-state index contributed by atoms with van der Waals surface area (Å²) in [4.78, 5) is 37.0. The van der Waals surface area contributed by atoms with E-state index in [-0.39, 0.29) is 42.7 Å². The molecule has 2 atom stereocenters. The van der Waals surface area contributed by atoms with Crippen LogP contribution in [0.5, 0.6) is 0 Å². The van der Waals surface area contributed by atoms with E-state index >= 15 is 0 Å². The summed E-state index contributed by atoms with van der Waals surface area (Å²) in [6.07, 6.45) is 57.8. The van der Waals surface area contributed by atoms with Crippen LogP contribution < -0.4 is 5.11 Å². The number of aliphatic carboxylic acids is 1. The third-order valence-electron chi connectivity index (χ3n) is 11.1. The number of unbranched alkanes of at least 4 members (excludes halogenated alkanes) is 21. The second kappa shape index (κ2) is 45.3. The molecule has 0 aliphatic heterocycles. The number of carboxylic acids is 1. The monoisotopic (exact) mass is 882 g/mol. The maximum Gasteiger partial charge on any atom is 0.306 e. The first-order chi connectivity index (χ1) is 30.6. The van der Waals surface area contributed by atoms with Gasteiger partial charge in [-0.05, 0) is 70.6 Å². The molecule has 0 radical (unpaired) electrons. The van der Waals surface area contributed by atoms with Crippen LogP contribution in [0, 0.1) is 0 Å². The molecule has 8 nitrogen and oxygen atoms in total. The molecule has 0 bridgehead atoms. The molecule has 2 unspecified atom stereocenters. The molecule has 362 valence electrons. The number of allylic oxidation sites excluding steroid dienone is 12. The molecule has 63 heavy (non-hydrogen) atoms. The number of hydrogen-bond acceptors (Lipinski definition) is 7. The predicted octanol–water partition coefficient (Wildman–Crippen LogP) is 13.4. The first kappa shape index (κ1) is 59.8. The number of likely N-dealkylation sites (N-methyl/N-ethyl adjacent to an activating group) is 1. The molecule has 0 fully saturated rings. The highest BCUT2D eigenvalue weighted by atomic mass is 16.6. The SMILES string of the molecule is CC/C=C/C/C=C/C/C=C/CCCCCCCCCCCCCC(=O)OC(COCCC(C(=O)[O-])[N+](C)(C)C)COC(=O)CCCCCCC/C=C/C=C/C=C/CCCCCCC. The molecule has 0 aromatic rings. The molecule has 0 aliphatic carbocycles. The number of rotatable bonds is 45. The summed E-state index contributed by atoms with van der Waals surface area (Å²) < 4.78 is 17.2. The van der Waals surface area contributed by atoms with Gasteiger partial charge in [0.05, 0.1) is 40.3 Å². The fourth-order valence-corrected chi connectivity index (χ4v) is 7.20. The van der Waals surface area contributed by atoms with E-state index in [1.165, 1.54) is 89.9 Å².